The lowest BCUT2D eigenvalue weighted by molar-refractivity contribution is -0.143. The Morgan fingerprint density at radius 2 is 1.53 bits per heavy atom. The lowest BCUT2D eigenvalue weighted by Crippen LogP contribution is -2.71. The Morgan fingerprint density at radius 1 is 0.863 bits per heavy atom. The van der Waals surface area contributed by atoms with E-state index in [2.05, 4.69) is 15.1 Å². The van der Waals surface area contributed by atoms with Crippen LogP contribution < -0.4 is 5.32 Å². The van der Waals surface area contributed by atoms with Gasteiger partial charge in [-0.25, -0.2) is 9.59 Å². The van der Waals surface area contributed by atoms with E-state index in [1.54, 1.807) is 4.90 Å². The predicted molar refractivity (Wildman–Crippen MR) is 176 cm³/mol. The van der Waals surface area contributed by atoms with E-state index in [4.69, 9.17) is 4.74 Å². The van der Waals surface area contributed by atoms with Gasteiger partial charge in [0.1, 0.15) is 18.6 Å². The SMILES string of the molecule is O=CC[C@@]1(N2CCN(C3CCCCC3)CC2)C[C@H](N2CCc3ccccc3NC2=O)CCN1C(=O)OCc1cc(C(F)(F)F)cc(C(F)(F)F)c1. The van der Waals surface area contributed by atoms with Crippen LogP contribution in [0.1, 0.15) is 73.6 Å². The van der Waals surface area contributed by atoms with Crippen LogP contribution in [-0.2, 0) is 34.9 Å². The van der Waals surface area contributed by atoms with E-state index < -0.39 is 47.4 Å². The van der Waals surface area contributed by atoms with Gasteiger partial charge in [-0.2, -0.15) is 26.3 Å². The van der Waals surface area contributed by atoms with Gasteiger partial charge in [0.15, 0.2) is 0 Å². The van der Waals surface area contributed by atoms with Crippen molar-refractivity contribution in [1.29, 1.82) is 0 Å². The molecule has 2 aromatic rings. The predicted octanol–water partition coefficient (Wildman–Crippen LogP) is 7.15. The molecule has 0 bridgehead atoms. The van der Waals surface area contributed by atoms with Crippen LogP contribution in [0.4, 0.5) is 41.6 Å². The molecule has 1 N–H and O–H groups in total. The third-order valence-corrected chi connectivity index (χ3v) is 11.0. The molecule has 3 heterocycles. The summed E-state index contributed by atoms with van der Waals surface area (Å²) in [6, 6.07) is 8.39. The molecule has 0 spiro atoms. The van der Waals surface area contributed by atoms with E-state index in [9.17, 15) is 40.7 Å². The summed E-state index contributed by atoms with van der Waals surface area (Å²) in [5, 5.41) is 2.99. The van der Waals surface area contributed by atoms with Gasteiger partial charge in [-0.05, 0) is 61.1 Å². The first-order chi connectivity index (χ1) is 24.3. The van der Waals surface area contributed by atoms with Crippen molar-refractivity contribution in [3.63, 3.8) is 0 Å². The lowest BCUT2D eigenvalue weighted by atomic mass is 9.85. The minimum Gasteiger partial charge on any atom is -0.445 e. The number of aldehydes is 1. The number of hydrogen-bond acceptors (Lipinski definition) is 6. The molecule has 9 nitrogen and oxygen atoms in total. The van der Waals surface area contributed by atoms with Crippen LogP contribution in [0.3, 0.4) is 0 Å². The quantitative estimate of drug-likeness (QED) is 0.242. The maximum Gasteiger partial charge on any atom is 0.416 e. The van der Waals surface area contributed by atoms with Crippen LogP contribution in [0.2, 0.25) is 0 Å². The van der Waals surface area contributed by atoms with Crippen molar-refractivity contribution in [2.75, 3.05) is 44.6 Å². The Bertz CT molecular complexity index is 1540. The van der Waals surface area contributed by atoms with Crippen LogP contribution in [0, 0.1) is 0 Å². The van der Waals surface area contributed by atoms with Gasteiger partial charge in [-0.15, -0.1) is 0 Å². The number of halogens is 6. The Balaban J connectivity index is 1.26. The first-order valence-electron chi connectivity index (χ1n) is 17.6. The smallest absolute Gasteiger partial charge is 0.416 e. The van der Waals surface area contributed by atoms with Crippen molar-refractivity contribution in [2.45, 2.75) is 94.5 Å². The maximum absolute atomic E-state index is 13.9. The molecular weight excluding hydrogens is 680 g/mol. The van der Waals surface area contributed by atoms with Gasteiger partial charge in [0.25, 0.3) is 0 Å². The van der Waals surface area contributed by atoms with E-state index >= 15 is 0 Å². The van der Waals surface area contributed by atoms with Crippen molar-refractivity contribution in [3.8, 4) is 0 Å². The van der Waals surface area contributed by atoms with Crippen LogP contribution in [0.25, 0.3) is 0 Å². The first-order valence-corrected chi connectivity index (χ1v) is 17.6. The number of alkyl halides is 6. The Labute approximate surface area is 292 Å². The fraction of sp³-hybridized carbons (Fsp3) is 0.583. The number of carbonyl (C=O) groups excluding carboxylic acids is 3. The van der Waals surface area contributed by atoms with Crippen LogP contribution in [-0.4, -0.2) is 95.0 Å². The summed E-state index contributed by atoms with van der Waals surface area (Å²) in [7, 11) is 0. The molecule has 4 aliphatic rings. The number of carbonyl (C=O) groups is 3. The normalized spacial score (nSPS) is 24.4. The molecule has 3 aliphatic heterocycles. The van der Waals surface area contributed by atoms with Crippen LogP contribution in [0.5, 0.6) is 0 Å². The van der Waals surface area contributed by atoms with Crippen LogP contribution >= 0.6 is 0 Å². The number of nitrogens with zero attached hydrogens (tertiary/aromatic N) is 4. The fourth-order valence-corrected chi connectivity index (χ4v) is 8.37. The van der Waals surface area contributed by atoms with Crippen molar-refractivity contribution in [1.82, 2.24) is 19.6 Å². The van der Waals surface area contributed by atoms with Crippen LogP contribution in [0.15, 0.2) is 42.5 Å². The summed E-state index contributed by atoms with van der Waals surface area (Å²) < 4.78 is 86.6. The number of rotatable bonds is 7. The number of piperazine rings is 1. The Kier molecular flexibility index (Phi) is 10.9. The van der Waals surface area contributed by atoms with Gasteiger partial charge in [0.05, 0.1) is 11.1 Å². The average Bonchev–Trinajstić information content (AvgIpc) is 3.28. The molecule has 0 unspecified atom stereocenters. The highest BCUT2D eigenvalue weighted by Crippen LogP contribution is 2.40. The summed E-state index contributed by atoms with van der Waals surface area (Å²) in [5.74, 6) is 0. The van der Waals surface area contributed by atoms with Gasteiger partial charge >= 0.3 is 24.5 Å². The van der Waals surface area contributed by atoms with Gasteiger partial charge in [0.2, 0.25) is 0 Å². The van der Waals surface area contributed by atoms with E-state index in [0.29, 0.717) is 69.4 Å². The molecule has 0 aromatic heterocycles. The number of fused-ring (bicyclic) bond motifs is 1. The third kappa shape index (κ3) is 8.14. The number of ether oxygens (including phenoxy) is 1. The van der Waals surface area contributed by atoms with Crippen molar-refractivity contribution >= 4 is 24.1 Å². The van der Waals surface area contributed by atoms with E-state index in [1.807, 2.05) is 24.3 Å². The van der Waals surface area contributed by atoms with Crippen molar-refractivity contribution in [2.24, 2.45) is 0 Å². The molecule has 3 fully saturated rings. The number of likely N-dealkylation sites (tertiary alicyclic amines) is 1. The molecule has 0 radical (unpaired) electrons. The third-order valence-electron chi connectivity index (χ3n) is 11.0. The molecule has 51 heavy (non-hydrogen) atoms. The molecule has 2 atom stereocenters. The van der Waals surface area contributed by atoms with E-state index in [1.165, 1.54) is 24.2 Å². The maximum atomic E-state index is 13.9. The highest BCUT2D eigenvalue weighted by Gasteiger charge is 2.52. The van der Waals surface area contributed by atoms with Crippen molar-refractivity contribution < 1.29 is 45.5 Å². The van der Waals surface area contributed by atoms with Crippen molar-refractivity contribution in [3.05, 3.63) is 64.7 Å². The topological polar surface area (TPSA) is 85.4 Å². The highest BCUT2D eigenvalue weighted by molar-refractivity contribution is 5.91. The summed E-state index contributed by atoms with van der Waals surface area (Å²) >= 11 is 0. The Hall–Kier alpha value is -3.85. The number of piperidine rings is 1. The van der Waals surface area contributed by atoms with Gasteiger partial charge < -0.3 is 19.7 Å². The molecule has 2 saturated heterocycles. The zero-order valence-corrected chi connectivity index (χ0v) is 28.3. The molecule has 15 heteroatoms. The first kappa shape index (κ1) is 36.9. The molecule has 1 aliphatic carbocycles. The molecule has 2 aromatic carbocycles. The number of anilines is 1. The lowest BCUT2D eigenvalue weighted by Gasteiger charge is -2.57. The molecule has 278 valence electrons. The summed E-state index contributed by atoms with van der Waals surface area (Å²) in [6.45, 7) is 2.04. The summed E-state index contributed by atoms with van der Waals surface area (Å²) in [4.78, 5) is 47.6. The minimum absolute atomic E-state index is 0.0235. The largest absolute Gasteiger partial charge is 0.445 e. The number of benzene rings is 2. The van der Waals surface area contributed by atoms with E-state index in [0.717, 1.165) is 24.7 Å². The number of nitrogens with one attached hydrogen (secondary N) is 1. The highest BCUT2D eigenvalue weighted by atomic mass is 19.4. The van der Waals surface area contributed by atoms with Gasteiger partial charge in [0, 0.05) is 69.9 Å². The number of amides is 3. The molecule has 3 amide bonds. The number of urea groups is 1. The Morgan fingerprint density at radius 3 is 2.18 bits per heavy atom. The van der Waals surface area contributed by atoms with Gasteiger partial charge in [-0.1, -0.05) is 37.5 Å². The minimum atomic E-state index is -5.05. The second kappa shape index (κ2) is 15.0. The molecular formula is C36H43F6N5O4. The standard InChI is InChI=1S/C36H43F6N5O4/c37-35(38,39)27-20-25(21-28(22-27)36(40,41)42)24-51-33(50)47-14-11-30(46-13-10-26-6-4-5-9-31(26)43-32(46)49)23-34(47,12-19-48)45-17-15-44(16-18-45)29-7-2-1-3-8-29/h4-6,9,19-22,29-30H,1-3,7-8,10-18,23-24H2,(H,43,49)/t30-,34+/m1/s1. The van der Waals surface area contributed by atoms with Gasteiger partial charge in [-0.3, -0.25) is 14.7 Å². The number of hydrogen-bond donors (Lipinski definition) is 1. The summed E-state index contributed by atoms with van der Waals surface area (Å²) in [5.41, 5.74) is -3.03. The molecule has 6 rings (SSSR count). The monoisotopic (exact) mass is 723 g/mol. The zero-order valence-electron chi connectivity index (χ0n) is 28.3. The summed E-state index contributed by atoms with van der Waals surface area (Å²) in [6.07, 6.45) is -3.59. The molecule has 1 saturated carbocycles. The van der Waals surface area contributed by atoms with E-state index in [-0.39, 0.29) is 37.5 Å². The number of para-hydroxylation sites is 1. The second-order valence-corrected chi connectivity index (χ2v) is 14.0. The fourth-order valence-electron chi connectivity index (χ4n) is 8.37. The second-order valence-electron chi connectivity index (χ2n) is 14.0. The average molecular weight is 724 g/mol. The zero-order chi connectivity index (χ0) is 36.4.